The van der Waals surface area contributed by atoms with Crippen molar-refractivity contribution in [1.82, 2.24) is 0 Å². The average molecular weight is 564 g/mol. The van der Waals surface area contributed by atoms with E-state index in [1.165, 1.54) is 33.0 Å². The molecule has 0 saturated heterocycles. The minimum atomic E-state index is 0.860. The Kier molecular flexibility index (Phi) is 6.51. The molecule has 1 heterocycles. The topological polar surface area (TPSA) is 16.4 Å². The van der Waals surface area contributed by atoms with Crippen LogP contribution in [0.2, 0.25) is 0 Å². The van der Waals surface area contributed by atoms with Gasteiger partial charge < -0.3 is 9.32 Å². The Hall–Kier alpha value is -5.86. The highest BCUT2D eigenvalue weighted by Gasteiger charge is 2.17. The van der Waals surface area contributed by atoms with E-state index in [0.29, 0.717) is 0 Å². The minimum absolute atomic E-state index is 0.860. The SMILES string of the molecule is c1ccc(-c2ccccc2-c2ccc(N(c3cccc(-c4cc5ccccc5o4)c3)c3cccc4ccccc34)cc2)cc1. The van der Waals surface area contributed by atoms with Gasteiger partial charge in [0, 0.05) is 27.7 Å². The molecule has 0 unspecified atom stereocenters. The van der Waals surface area contributed by atoms with E-state index >= 15 is 0 Å². The van der Waals surface area contributed by atoms with Gasteiger partial charge in [0.2, 0.25) is 0 Å². The fraction of sp³-hybridized carbons (Fsp3) is 0. The van der Waals surface area contributed by atoms with Crippen LogP contribution in [0.1, 0.15) is 0 Å². The van der Waals surface area contributed by atoms with E-state index in [4.69, 9.17) is 4.42 Å². The monoisotopic (exact) mass is 563 g/mol. The van der Waals surface area contributed by atoms with Crippen molar-refractivity contribution in [3.63, 3.8) is 0 Å². The molecular formula is C42H29NO. The first kappa shape index (κ1) is 25.8. The highest BCUT2D eigenvalue weighted by Crippen LogP contribution is 2.42. The molecule has 2 nitrogen and oxygen atoms in total. The van der Waals surface area contributed by atoms with Crippen molar-refractivity contribution in [3.05, 3.63) is 176 Å². The largest absolute Gasteiger partial charge is 0.456 e. The summed E-state index contributed by atoms with van der Waals surface area (Å²) in [5.74, 6) is 0.860. The van der Waals surface area contributed by atoms with Gasteiger partial charge in [-0.2, -0.15) is 0 Å². The van der Waals surface area contributed by atoms with Crippen molar-refractivity contribution in [2.75, 3.05) is 4.90 Å². The van der Waals surface area contributed by atoms with E-state index < -0.39 is 0 Å². The fourth-order valence-corrected chi connectivity index (χ4v) is 6.15. The number of anilines is 3. The molecular weight excluding hydrogens is 534 g/mol. The molecule has 0 aliphatic carbocycles. The van der Waals surface area contributed by atoms with Crippen LogP contribution in [-0.4, -0.2) is 0 Å². The van der Waals surface area contributed by atoms with Gasteiger partial charge >= 0.3 is 0 Å². The zero-order valence-electron chi connectivity index (χ0n) is 24.1. The summed E-state index contributed by atoms with van der Waals surface area (Å²) in [6.07, 6.45) is 0. The van der Waals surface area contributed by atoms with Crippen molar-refractivity contribution in [2.24, 2.45) is 0 Å². The lowest BCUT2D eigenvalue weighted by atomic mass is 9.94. The van der Waals surface area contributed by atoms with E-state index in [0.717, 1.165) is 39.4 Å². The van der Waals surface area contributed by atoms with Gasteiger partial charge in [0.05, 0.1) is 5.69 Å². The highest BCUT2D eigenvalue weighted by atomic mass is 16.3. The first-order valence-corrected chi connectivity index (χ1v) is 14.9. The van der Waals surface area contributed by atoms with Crippen molar-refractivity contribution >= 4 is 38.8 Å². The number of nitrogens with zero attached hydrogens (tertiary/aromatic N) is 1. The summed E-state index contributed by atoms with van der Waals surface area (Å²) in [4.78, 5) is 2.35. The van der Waals surface area contributed by atoms with Gasteiger partial charge in [-0.15, -0.1) is 0 Å². The summed E-state index contributed by atoms with van der Waals surface area (Å²) in [5.41, 5.74) is 10.1. The smallest absolute Gasteiger partial charge is 0.135 e. The van der Waals surface area contributed by atoms with E-state index in [1.54, 1.807) is 0 Å². The molecule has 44 heavy (non-hydrogen) atoms. The number of benzene rings is 7. The molecule has 0 aliphatic heterocycles. The summed E-state index contributed by atoms with van der Waals surface area (Å²) in [6, 6.07) is 62.1. The number of para-hydroxylation sites is 1. The molecule has 208 valence electrons. The lowest BCUT2D eigenvalue weighted by Gasteiger charge is -2.27. The third-order valence-corrected chi connectivity index (χ3v) is 8.27. The van der Waals surface area contributed by atoms with Crippen LogP contribution in [-0.2, 0) is 0 Å². The molecule has 0 aliphatic rings. The number of hydrogen-bond acceptors (Lipinski definition) is 2. The molecule has 0 spiro atoms. The van der Waals surface area contributed by atoms with Crippen LogP contribution in [0.25, 0.3) is 55.3 Å². The van der Waals surface area contributed by atoms with Gasteiger partial charge in [-0.05, 0) is 70.1 Å². The summed E-state index contributed by atoms with van der Waals surface area (Å²) < 4.78 is 6.26. The fourth-order valence-electron chi connectivity index (χ4n) is 6.15. The molecule has 0 radical (unpaired) electrons. The molecule has 7 aromatic carbocycles. The number of rotatable bonds is 6. The van der Waals surface area contributed by atoms with Crippen LogP contribution in [0.5, 0.6) is 0 Å². The maximum absolute atomic E-state index is 6.26. The van der Waals surface area contributed by atoms with Gasteiger partial charge in [-0.3, -0.25) is 0 Å². The predicted molar refractivity (Wildman–Crippen MR) is 185 cm³/mol. The van der Waals surface area contributed by atoms with Crippen molar-refractivity contribution < 1.29 is 4.42 Å². The summed E-state index contributed by atoms with van der Waals surface area (Å²) in [6.45, 7) is 0. The summed E-state index contributed by atoms with van der Waals surface area (Å²) in [7, 11) is 0. The Morgan fingerprint density at radius 1 is 0.386 bits per heavy atom. The third kappa shape index (κ3) is 4.73. The van der Waals surface area contributed by atoms with Gasteiger partial charge in [-0.1, -0.05) is 133 Å². The summed E-state index contributed by atoms with van der Waals surface area (Å²) >= 11 is 0. The maximum atomic E-state index is 6.26. The average Bonchev–Trinajstić information content (AvgIpc) is 3.54. The molecule has 0 bridgehead atoms. The Bertz CT molecular complexity index is 2190. The second-order valence-corrected chi connectivity index (χ2v) is 11.0. The maximum Gasteiger partial charge on any atom is 0.135 e. The first-order valence-electron chi connectivity index (χ1n) is 14.9. The van der Waals surface area contributed by atoms with Crippen molar-refractivity contribution in [3.8, 4) is 33.6 Å². The quantitative estimate of drug-likeness (QED) is 0.200. The van der Waals surface area contributed by atoms with Crippen LogP contribution in [0.4, 0.5) is 17.1 Å². The highest BCUT2D eigenvalue weighted by molar-refractivity contribution is 5.99. The number of furan rings is 1. The van der Waals surface area contributed by atoms with Gasteiger partial charge in [0.1, 0.15) is 11.3 Å². The lowest BCUT2D eigenvalue weighted by Crippen LogP contribution is -2.10. The first-order chi connectivity index (χ1) is 21.8. The van der Waals surface area contributed by atoms with Crippen molar-refractivity contribution in [1.29, 1.82) is 0 Å². The number of fused-ring (bicyclic) bond motifs is 2. The second kappa shape index (κ2) is 11.1. The Morgan fingerprint density at radius 2 is 1.00 bits per heavy atom. The normalized spacial score (nSPS) is 11.2. The van der Waals surface area contributed by atoms with Gasteiger partial charge in [-0.25, -0.2) is 0 Å². The molecule has 1 aromatic heterocycles. The third-order valence-electron chi connectivity index (χ3n) is 8.27. The van der Waals surface area contributed by atoms with Crippen LogP contribution in [0.3, 0.4) is 0 Å². The molecule has 0 saturated carbocycles. The standard InChI is InChI=1S/C42H29NO/c1-2-12-30(13-3-1)37-19-7-8-20-38(37)32-24-26-35(27-25-32)43(40-22-11-16-31-14-4-6-21-39(31)40)36-18-10-17-33(28-36)42-29-34-15-5-9-23-41(34)44-42/h1-29H. The number of hydrogen-bond donors (Lipinski definition) is 0. The zero-order chi connectivity index (χ0) is 29.3. The Balaban J connectivity index is 1.26. The predicted octanol–water partition coefficient (Wildman–Crippen LogP) is 12.1. The second-order valence-electron chi connectivity index (χ2n) is 11.0. The Labute approximate surface area is 257 Å². The molecule has 8 aromatic rings. The zero-order valence-corrected chi connectivity index (χ0v) is 24.1. The molecule has 0 fully saturated rings. The molecule has 0 amide bonds. The van der Waals surface area contributed by atoms with Crippen LogP contribution >= 0.6 is 0 Å². The van der Waals surface area contributed by atoms with Gasteiger partial charge in [0.15, 0.2) is 0 Å². The minimum Gasteiger partial charge on any atom is -0.456 e. The van der Waals surface area contributed by atoms with Crippen LogP contribution in [0.15, 0.2) is 180 Å². The van der Waals surface area contributed by atoms with Crippen LogP contribution in [0, 0.1) is 0 Å². The molecule has 0 atom stereocenters. The summed E-state index contributed by atoms with van der Waals surface area (Å²) in [5, 5.41) is 3.50. The van der Waals surface area contributed by atoms with Crippen molar-refractivity contribution in [2.45, 2.75) is 0 Å². The van der Waals surface area contributed by atoms with E-state index in [2.05, 4.69) is 163 Å². The lowest BCUT2D eigenvalue weighted by molar-refractivity contribution is 0.631. The van der Waals surface area contributed by atoms with Crippen LogP contribution < -0.4 is 4.90 Å². The van der Waals surface area contributed by atoms with E-state index in [-0.39, 0.29) is 0 Å². The van der Waals surface area contributed by atoms with Gasteiger partial charge in [0.25, 0.3) is 0 Å². The molecule has 8 rings (SSSR count). The molecule has 2 heteroatoms. The van der Waals surface area contributed by atoms with E-state index in [1.807, 2.05) is 18.2 Å². The molecule has 0 N–H and O–H groups in total. The Morgan fingerprint density at radius 3 is 1.80 bits per heavy atom. The van der Waals surface area contributed by atoms with E-state index in [9.17, 15) is 0 Å².